The van der Waals surface area contributed by atoms with Gasteiger partial charge in [0.25, 0.3) is 5.56 Å². The summed E-state index contributed by atoms with van der Waals surface area (Å²) in [6.07, 6.45) is 0.836. The Balaban J connectivity index is 2.39. The second-order valence-corrected chi connectivity index (χ2v) is 4.23. The molecule has 1 atom stereocenters. The van der Waals surface area contributed by atoms with E-state index in [-0.39, 0.29) is 20.9 Å². The molecule has 14 heavy (non-hydrogen) atoms. The van der Waals surface area contributed by atoms with E-state index in [1.807, 2.05) is 0 Å². The first kappa shape index (κ1) is 9.91. The largest absolute Gasteiger partial charge is 0.492 e. The summed E-state index contributed by atoms with van der Waals surface area (Å²) in [5.41, 5.74) is -0.292. The molecule has 0 saturated carbocycles. The number of hydrogen-bond acceptors (Lipinski definition) is 4. The van der Waals surface area contributed by atoms with Gasteiger partial charge in [-0.05, 0) is 29.0 Å². The summed E-state index contributed by atoms with van der Waals surface area (Å²) in [5, 5.41) is 9.36. The highest BCUT2D eigenvalue weighted by Gasteiger charge is 2.21. The van der Waals surface area contributed by atoms with E-state index in [1.165, 1.54) is 0 Å². The lowest BCUT2D eigenvalue weighted by Crippen LogP contribution is -2.17. The molecule has 0 bridgehead atoms. The summed E-state index contributed by atoms with van der Waals surface area (Å²) in [5.74, 6) is 0.423. The van der Waals surface area contributed by atoms with Crippen LogP contribution in [-0.4, -0.2) is 28.3 Å². The first-order valence-corrected chi connectivity index (χ1v) is 5.33. The fraction of sp³-hybridized carbons (Fsp3) is 0.500. The normalized spacial score (nSPS) is 21.4. The first-order valence-electron chi connectivity index (χ1n) is 4.25. The lowest BCUT2D eigenvalue weighted by Gasteiger charge is -2.06. The Labute approximate surface area is 93.7 Å². The third-order valence-corrected chi connectivity index (χ3v) is 3.15. The number of aromatic hydroxyl groups is 1. The van der Waals surface area contributed by atoms with Crippen LogP contribution in [0.15, 0.2) is 4.79 Å². The molecule has 1 unspecified atom stereocenters. The molecular formula is C8H9IN2O3. The summed E-state index contributed by atoms with van der Waals surface area (Å²) in [7, 11) is 0. The zero-order valence-corrected chi connectivity index (χ0v) is 9.45. The van der Waals surface area contributed by atoms with Crippen LogP contribution in [0.4, 0.5) is 0 Å². The van der Waals surface area contributed by atoms with Gasteiger partial charge in [-0.3, -0.25) is 4.79 Å². The lowest BCUT2D eigenvalue weighted by atomic mass is 10.1. The number of ether oxygens (including phenoxy) is 1. The van der Waals surface area contributed by atoms with Gasteiger partial charge in [0.15, 0.2) is 0 Å². The molecule has 2 N–H and O–H groups in total. The highest BCUT2D eigenvalue weighted by Crippen LogP contribution is 2.23. The summed E-state index contributed by atoms with van der Waals surface area (Å²) in [4.78, 5) is 17.9. The van der Waals surface area contributed by atoms with Crippen LogP contribution in [0, 0.1) is 3.57 Å². The molecule has 76 valence electrons. The third-order valence-electron chi connectivity index (χ3n) is 2.18. The molecule has 0 aliphatic carbocycles. The smallest absolute Gasteiger partial charge is 0.268 e. The van der Waals surface area contributed by atoms with Gasteiger partial charge >= 0.3 is 0 Å². The molecule has 0 radical (unpaired) electrons. The molecule has 1 aromatic rings. The summed E-state index contributed by atoms with van der Waals surface area (Å²) >= 11 is 1.76. The Kier molecular flexibility index (Phi) is 2.73. The van der Waals surface area contributed by atoms with Crippen LogP contribution in [0.5, 0.6) is 5.88 Å². The maximum Gasteiger partial charge on any atom is 0.268 e. The van der Waals surface area contributed by atoms with Crippen LogP contribution in [0.3, 0.4) is 0 Å². The van der Waals surface area contributed by atoms with Crippen molar-refractivity contribution in [3.63, 3.8) is 0 Å². The second kappa shape index (κ2) is 3.85. The number of hydrogen-bond donors (Lipinski definition) is 2. The standard InChI is InChI=1S/C8H9IN2O3/c9-5-7(12)10-6(11-8(5)13)4-1-2-14-3-4/h4H,1-3H2,(H2,10,11,12,13). The monoisotopic (exact) mass is 308 g/mol. The topological polar surface area (TPSA) is 75.2 Å². The zero-order valence-electron chi connectivity index (χ0n) is 7.29. The number of nitrogens with zero attached hydrogens (tertiary/aromatic N) is 1. The van der Waals surface area contributed by atoms with Crippen LogP contribution < -0.4 is 5.56 Å². The Hall–Kier alpha value is -0.630. The summed E-state index contributed by atoms with van der Waals surface area (Å²) in [6.45, 7) is 1.24. The maximum absolute atomic E-state index is 11.3. The van der Waals surface area contributed by atoms with Crippen molar-refractivity contribution < 1.29 is 9.84 Å². The van der Waals surface area contributed by atoms with Crippen molar-refractivity contribution in [3.05, 3.63) is 19.7 Å². The molecule has 1 aromatic heterocycles. The van der Waals surface area contributed by atoms with Crippen LogP contribution in [0.25, 0.3) is 0 Å². The number of nitrogens with one attached hydrogen (secondary N) is 1. The van der Waals surface area contributed by atoms with Gasteiger partial charge < -0.3 is 14.8 Å². The first-order chi connectivity index (χ1) is 6.68. The fourth-order valence-electron chi connectivity index (χ4n) is 1.41. The lowest BCUT2D eigenvalue weighted by molar-refractivity contribution is 0.193. The van der Waals surface area contributed by atoms with E-state index in [2.05, 4.69) is 9.97 Å². The van der Waals surface area contributed by atoms with E-state index >= 15 is 0 Å². The quantitative estimate of drug-likeness (QED) is 0.744. The SMILES string of the molecule is O=c1[nH]c(C2CCOC2)nc(O)c1I. The predicted molar refractivity (Wildman–Crippen MR) is 57.4 cm³/mol. The highest BCUT2D eigenvalue weighted by molar-refractivity contribution is 14.1. The van der Waals surface area contributed by atoms with Gasteiger partial charge in [-0.25, -0.2) is 0 Å². The van der Waals surface area contributed by atoms with Gasteiger partial charge in [-0.1, -0.05) is 0 Å². The van der Waals surface area contributed by atoms with Gasteiger partial charge in [0.05, 0.1) is 6.61 Å². The Bertz CT molecular complexity index is 398. The van der Waals surface area contributed by atoms with Crippen molar-refractivity contribution in [2.45, 2.75) is 12.3 Å². The maximum atomic E-state index is 11.3. The van der Waals surface area contributed by atoms with E-state index in [0.717, 1.165) is 6.42 Å². The molecule has 1 aliphatic rings. The van der Waals surface area contributed by atoms with Crippen LogP contribution in [0.2, 0.25) is 0 Å². The van der Waals surface area contributed by atoms with Crippen molar-refractivity contribution in [1.82, 2.24) is 9.97 Å². The fourth-order valence-corrected chi connectivity index (χ4v) is 1.66. The van der Waals surface area contributed by atoms with Gasteiger partial charge in [-0.15, -0.1) is 0 Å². The highest BCUT2D eigenvalue weighted by atomic mass is 127. The van der Waals surface area contributed by atoms with Gasteiger partial charge in [-0.2, -0.15) is 4.98 Å². The minimum absolute atomic E-state index is 0.102. The van der Waals surface area contributed by atoms with E-state index in [1.54, 1.807) is 22.6 Å². The van der Waals surface area contributed by atoms with Crippen LogP contribution in [-0.2, 0) is 4.74 Å². The molecule has 2 rings (SSSR count). The van der Waals surface area contributed by atoms with Crippen molar-refractivity contribution in [3.8, 4) is 5.88 Å². The zero-order chi connectivity index (χ0) is 10.1. The van der Waals surface area contributed by atoms with E-state index in [9.17, 15) is 9.90 Å². The van der Waals surface area contributed by atoms with Gasteiger partial charge in [0.2, 0.25) is 5.88 Å². The minimum Gasteiger partial charge on any atom is -0.492 e. The Morgan fingerprint density at radius 2 is 2.43 bits per heavy atom. The Morgan fingerprint density at radius 1 is 1.64 bits per heavy atom. The molecule has 0 amide bonds. The van der Waals surface area contributed by atoms with Gasteiger partial charge in [0.1, 0.15) is 9.39 Å². The predicted octanol–water partition coefficient (Wildman–Crippen LogP) is 0.584. The summed E-state index contributed by atoms with van der Waals surface area (Å²) in [6, 6.07) is 0. The number of rotatable bonds is 1. The molecule has 2 heterocycles. The van der Waals surface area contributed by atoms with Crippen molar-refractivity contribution in [2.75, 3.05) is 13.2 Å². The number of aromatic nitrogens is 2. The average molecular weight is 308 g/mol. The van der Waals surface area contributed by atoms with Crippen molar-refractivity contribution in [1.29, 1.82) is 0 Å². The minimum atomic E-state index is -0.292. The third kappa shape index (κ3) is 1.76. The number of H-pyrrole nitrogens is 1. The molecule has 1 fully saturated rings. The van der Waals surface area contributed by atoms with Crippen LogP contribution >= 0.6 is 22.6 Å². The van der Waals surface area contributed by atoms with Crippen molar-refractivity contribution >= 4 is 22.6 Å². The molecular weight excluding hydrogens is 299 g/mol. The number of halogens is 1. The van der Waals surface area contributed by atoms with E-state index in [4.69, 9.17) is 4.74 Å². The molecule has 6 heteroatoms. The van der Waals surface area contributed by atoms with Gasteiger partial charge in [0, 0.05) is 12.5 Å². The number of aromatic amines is 1. The van der Waals surface area contributed by atoms with E-state index < -0.39 is 0 Å². The van der Waals surface area contributed by atoms with Crippen molar-refractivity contribution in [2.24, 2.45) is 0 Å². The molecule has 0 spiro atoms. The molecule has 0 aromatic carbocycles. The molecule has 1 aliphatic heterocycles. The van der Waals surface area contributed by atoms with E-state index in [0.29, 0.717) is 19.0 Å². The Morgan fingerprint density at radius 3 is 3.00 bits per heavy atom. The summed E-state index contributed by atoms with van der Waals surface area (Å²) < 4.78 is 5.40. The van der Waals surface area contributed by atoms with Crippen LogP contribution in [0.1, 0.15) is 18.2 Å². The molecule has 1 saturated heterocycles. The second-order valence-electron chi connectivity index (χ2n) is 3.15. The average Bonchev–Trinajstić information content (AvgIpc) is 2.66. The molecule has 5 nitrogen and oxygen atoms in total.